The number of hydrogen-bond acceptors (Lipinski definition) is 4. The van der Waals surface area contributed by atoms with Gasteiger partial charge in [0.15, 0.2) is 0 Å². The number of piperidine rings is 1. The quantitative estimate of drug-likeness (QED) is 0.558. The van der Waals surface area contributed by atoms with Crippen molar-refractivity contribution in [2.24, 2.45) is 13.0 Å². The summed E-state index contributed by atoms with van der Waals surface area (Å²) in [5, 5.41) is 7.61. The van der Waals surface area contributed by atoms with E-state index in [2.05, 4.69) is 22.3 Å². The lowest BCUT2D eigenvalue weighted by atomic mass is 9.89. The van der Waals surface area contributed by atoms with Crippen LogP contribution in [0.25, 0.3) is 11.3 Å². The third-order valence-corrected chi connectivity index (χ3v) is 6.35. The minimum absolute atomic E-state index is 0.0666. The zero-order valence-corrected chi connectivity index (χ0v) is 19.4. The number of aryl methyl sites for hydroxylation is 2. The van der Waals surface area contributed by atoms with Gasteiger partial charge in [0, 0.05) is 43.7 Å². The molecule has 2 aromatic heterocycles. The average Bonchev–Trinajstić information content (AvgIpc) is 3.23. The topological polar surface area (TPSA) is 63.1 Å². The number of halogens is 3. The summed E-state index contributed by atoms with van der Waals surface area (Å²) in [5.74, 6) is 0.508. The number of carbonyl (C=O) groups is 1. The van der Waals surface area contributed by atoms with Gasteiger partial charge in [-0.15, -0.1) is 0 Å². The molecule has 1 aliphatic heterocycles. The van der Waals surface area contributed by atoms with Gasteiger partial charge in [0.05, 0.1) is 17.3 Å². The molecular weight excluding hydrogens is 443 g/mol. The Labute approximate surface area is 196 Å². The minimum atomic E-state index is -4.42. The van der Waals surface area contributed by atoms with Gasteiger partial charge in [0.1, 0.15) is 5.82 Å². The molecule has 9 heteroatoms. The summed E-state index contributed by atoms with van der Waals surface area (Å²) in [5.41, 5.74) is 2.31. The first-order valence-electron chi connectivity index (χ1n) is 11.3. The lowest BCUT2D eigenvalue weighted by Crippen LogP contribution is -2.51. The molecule has 0 bridgehead atoms. The van der Waals surface area contributed by atoms with Crippen LogP contribution in [0.5, 0.6) is 0 Å². The number of rotatable bonds is 5. The maximum Gasteiger partial charge on any atom is 0.417 e. The largest absolute Gasteiger partial charge is 0.417 e. The molecule has 2 unspecified atom stereocenters. The fraction of sp³-hybridized carbons (Fsp3) is 0.400. The molecule has 0 spiro atoms. The van der Waals surface area contributed by atoms with E-state index in [0.29, 0.717) is 24.5 Å². The van der Waals surface area contributed by atoms with E-state index in [-0.39, 0.29) is 17.9 Å². The van der Waals surface area contributed by atoms with E-state index in [9.17, 15) is 18.0 Å². The van der Waals surface area contributed by atoms with Crippen LogP contribution in [-0.2, 0) is 13.2 Å². The Morgan fingerprint density at radius 3 is 2.65 bits per heavy atom. The van der Waals surface area contributed by atoms with Crippen LogP contribution >= 0.6 is 0 Å². The van der Waals surface area contributed by atoms with Gasteiger partial charge in [-0.25, -0.2) is 4.98 Å². The van der Waals surface area contributed by atoms with Crippen LogP contribution in [0.1, 0.15) is 41.3 Å². The Bertz CT molecular complexity index is 1160. The molecule has 1 N–H and O–H groups in total. The highest BCUT2D eigenvalue weighted by molar-refractivity contribution is 6.01. The molecule has 0 radical (unpaired) electrons. The molecule has 180 valence electrons. The Morgan fingerprint density at radius 2 is 2.00 bits per heavy atom. The van der Waals surface area contributed by atoms with Gasteiger partial charge in [0.25, 0.3) is 5.91 Å². The van der Waals surface area contributed by atoms with Gasteiger partial charge in [0.2, 0.25) is 0 Å². The molecule has 6 nitrogen and oxygen atoms in total. The summed E-state index contributed by atoms with van der Waals surface area (Å²) in [6.45, 7) is 5.07. The second kappa shape index (κ2) is 9.48. The van der Waals surface area contributed by atoms with E-state index < -0.39 is 11.7 Å². The number of carbonyl (C=O) groups excluding carboxylic acids is 1. The van der Waals surface area contributed by atoms with Crippen molar-refractivity contribution in [2.75, 3.05) is 18.4 Å². The second-order valence-electron chi connectivity index (χ2n) is 8.92. The van der Waals surface area contributed by atoms with Crippen molar-refractivity contribution in [3.05, 3.63) is 65.5 Å². The number of benzene rings is 1. The molecule has 1 fully saturated rings. The Morgan fingerprint density at radius 1 is 1.21 bits per heavy atom. The van der Waals surface area contributed by atoms with Gasteiger partial charge in [-0.1, -0.05) is 24.6 Å². The van der Waals surface area contributed by atoms with E-state index >= 15 is 0 Å². The van der Waals surface area contributed by atoms with Gasteiger partial charge in [-0.05, 0) is 49.9 Å². The fourth-order valence-corrected chi connectivity index (χ4v) is 4.46. The number of nitrogens with zero attached hydrogens (tertiary/aromatic N) is 4. The van der Waals surface area contributed by atoms with Crippen molar-refractivity contribution in [3.8, 4) is 11.3 Å². The van der Waals surface area contributed by atoms with E-state index in [1.807, 2.05) is 49.3 Å². The standard InChI is InChI=1S/C25H28F3N5O/c1-16-6-8-19(21-10-12-32(3)31-21)20(13-16)24(34)33-11-4-5-17(2)22(33)15-30-23-9-7-18(14-29-23)25(26,27)28/h6-10,12-14,17,22H,4-5,11,15H2,1-3H3,(H,29,30). The minimum Gasteiger partial charge on any atom is -0.368 e. The first-order chi connectivity index (χ1) is 16.1. The molecule has 2 atom stereocenters. The number of nitrogens with one attached hydrogen (secondary N) is 1. The number of likely N-dealkylation sites (tertiary alicyclic amines) is 1. The lowest BCUT2D eigenvalue weighted by Gasteiger charge is -2.40. The van der Waals surface area contributed by atoms with E-state index in [1.165, 1.54) is 6.07 Å². The normalized spacial score (nSPS) is 18.7. The van der Waals surface area contributed by atoms with Crippen LogP contribution in [0.3, 0.4) is 0 Å². The van der Waals surface area contributed by atoms with Crippen LogP contribution in [-0.4, -0.2) is 44.7 Å². The summed E-state index contributed by atoms with van der Waals surface area (Å²) in [6.07, 6.45) is 0.105. The molecule has 0 saturated carbocycles. The Balaban J connectivity index is 1.57. The molecule has 3 aromatic rings. The van der Waals surface area contributed by atoms with E-state index in [0.717, 1.165) is 41.9 Å². The third-order valence-electron chi connectivity index (χ3n) is 6.35. The molecule has 1 saturated heterocycles. The molecule has 1 aromatic carbocycles. The van der Waals surface area contributed by atoms with Crippen molar-refractivity contribution < 1.29 is 18.0 Å². The molecule has 3 heterocycles. The fourth-order valence-electron chi connectivity index (χ4n) is 4.46. The number of anilines is 1. The summed E-state index contributed by atoms with van der Waals surface area (Å²) < 4.78 is 40.2. The second-order valence-corrected chi connectivity index (χ2v) is 8.92. The Hall–Kier alpha value is -3.36. The van der Waals surface area contributed by atoms with Crippen LogP contribution in [0.4, 0.5) is 19.0 Å². The van der Waals surface area contributed by atoms with Gasteiger partial charge < -0.3 is 10.2 Å². The first-order valence-corrected chi connectivity index (χ1v) is 11.3. The Kier molecular flexibility index (Phi) is 6.63. The smallest absolute Gasteiger partial charge is 0.368 e. The highest BCUT2D eigenvalue weighted by Crippen LogP contribution is 2.31. The molecule has 1 amide bonds. The maximum atomic E-state index is 13.8. The average molecular weight is 472 g/mol. The molecule has 34 heavy (non-hydrogen) atoms. The number of amides is 1. The van der Waals surface area contributed by atoms with E-state index in [1.54, 1.807) is 4.68 Å². The zero-order valence-electron chi connectivity index (χ0n) is 19.4. The van der Waals surface area contributed by atoms with Crippen molar-refractivity contribution in [1.82, 2.24) is 19.7 Å². The van der Waals surface area contributed by atoms with E-state index in [4.69, 9.17) is 0 Å². The monoisotopic (exact) mass is 471 g/mol. The molecule has 1 aliphatic rings. The predicted molar refractivity (Wildman–Crippen MR) is 124 cm³/mol. The highest BCUT2D eigenvalue weighted by Gasteiger charge is 2.34. The summed E-state index contributed by atoms with van der Waals surface area (Å²) in [4.78, 5) is 19.6. The lowest BCUT2D eigenvalue weighted by molar-refractivity contribution is -0.137. The number of alkyl halides is 3. The van der Waals surface area contributed by atoms with Crippen molar-refractivity contribution in [1.29, 1.82) is 0 Å². The molecular formula is C25H28F3N5O. The summed E-state index contributed by atoms with van der Waals surface area (Å²) in [7, 11) is 1.84. The summed E-state index contributed by atoms with van der Waals surface area (Å²) in [6, 6.07) is 9.88. The third kappa shape index (κ3) is 5.08. The summed E-state index contributed by atoms with van der Waals surface area (Å²) >= 11 is 0. The van der Waals surface area contributed by atoms with Gasteiger partial charge in [-0.2, -0.15) is 18.3 Å². The SMILES string of the molecule is Cc1ccc(-c2ccn(C)n2)c(C(=O)N2CCCC(C)C2CNc2ccc(C(F)(F)F)cn2)c1. The van der Waals surface area contributed by atoms with Crippen molar-refractivity contribution in [3.63, 3.8) is 0 Å². The highest BCUT2D eigenvalue weighted by atomic mass is 19.4. The first kappa shape index (κ1) is 23.8. The molecule has 0 aliphatic carbocycles. The molecule has 4 rings (SSSR count). The zero-order chi connectivity index (χ0) is 24.5. The van der Waals surface area contributed by atoms with Crippen LogP contribution in [0.15, 0.2) is 48.8 Å². The maximum absolute atomic E-state index is 13.8. The van der Waals surface area contributed by atoms with Crippen molar-refractivity contribution >= 4 is 11.7 Å². The van der Waals surface area contributed by atoms with Crippen LogP contribution in [0.2, 0.25) is 0 Å². The van der Waals surface area contributed by atoms with Crippen LogP contribution < -0.4 is 5.32 Å². The van der Waals surface area contributed by atoms with Gasteiger partial charge in [-0.3, -0.25) is 9.48 Å². The van der Waals surface area contributed by atoms with Crippen molar-refractivity contribution in [2.45, 2.75) is 38.9 Å². The number of pyridine rings is 1. The number of hydrogen-bond donors (Lipinski definition) is 1. The van der Waals surface area contributed by atoms with Gasteiger partial charge >= 0.3 is 6.18 Å². The number of aromatic nitrogens is 3. The van der Waals surface area contributed by atoms with Crippen LogP contribution in [0, 0.1) is 12.8 Å². The predicted octanol–water partition coefficient (Wildman–Crippen LogP) is 5.16.